The van der Waals surface area contributed by atoms with Crippen LogP contribution < -0.4 is 0 Å². The van der Waals surface area contributed by atoms with Crippen molar-refractivity contribution in [3.05, 3.63) is 34.3 Å². The van der Waals surface area contributed by atoms with Gasteiger partial charge in [0.05, 0.1) is 10.6 Å². The number of aliphatic hydroxyl groups is 1. The van der Waals surface area contributed by atoms with Gasteiger partial charge in [-0.05, 0) is 26.2 Å². The Hall–Kier alpha value is -0.710. The van der Waals surface area contributed by atoms with Crippen LogP contribution in [-0.4, -0.2) is 33.5 Å². The van der Waals surface area contributed by atoms with Crippen molar-refractivity contribution in [2.24, 2.45) is 0 Å². The second kappa shape index (κ2) is 4.76. The molecule has 0 saturated heterocycles. The lowest BCUT2D eigenvalue weighted by atomic mass is 10.1. The van der Waals surface area contributed by atoms with Crippen molar-refractivity contribution in [1.29, 1.82) is 0 Å². The lowest BCUT2D eigenvalue weighted by Crippen LogP contribution is -2.48. The number of halogens is 1. The van der Waals surface area contributed by atoms with Crippen LogP contribution in [0.25, 0.3) is 0 Å². The Morgan fingerprint density at radius 1 is 1.50 bits per heavy atom. The third-order valence-corrected chi connectivity index (χ3v) is 4.46. The van der Waals surface area contributed by atoms with Crippen LogP contribution in [-0.2, 0) is 0 Å². The maximum Gasteiger partial charge on any atom is 0.258 e. The molecule has 0 spiro atoms. The standard InChI is InChI=1S/C13H16ClNO2S/c1-13(2,7-18-3)15-11(16)8-5-4-6-9(14)10(8)12(15)17/h4-6,11,16H,7H2,1-3H3. The van der Waals surface area contributed by atoms with Gasteiger partial charge in [0.15, 0.2) is 6.23 Å². The highest BCUT2D eigenvalue weighted by Gasteiger charge is 2.44. The van der Waals surface area contributed by atoms with Crippen LogP contribution in [0.1, 0.15) is 36.0 Å². The molecule has 0 fully saturated rings. The molecule has 1 aliphatic heterocycles. The van der Waals surface area contributed by atoms with Gasteiger partial charge < -0.3 is 10.0 Å². The quantitative estimate of drug-likeness (QED) is 0.928. The number of fused-ring (bicyclic) bond motifs is 1. The van der Waals surface area contributed by atoms with E-state index in [1.807, 2.05) is 20.1 Å². The van der Waals surface area contributed by atoms with Crippen LogP contribution in [0.2, 0.25) is 5.02 Å². The van der Waals surface area contributed by atoms with Gasteiger partial charge in [0, 0.05) is 16.9 Å². The molecule has 1 N–H and O–H groups in total. The van der Waals surface area contributed by atoms with Crippen molar-refractivity contribution >= 4 is 29.3 Å². The summed E-state index contributed by atoms with van der Waals surface area (Å²) in [6.45, 7) is 3.90. The summed E-state index contributed by atoms with van der Waals surface area (Å²) in [5.41, 5.74) is 0.612. The number of nitrogens with zero attached hydrogens (tertiary/aromatic N) is 1. The first-order chi connectivity index (χ1) is 8.40. The van der Waals surface area contributed by atoms with Crippen molar-refractivity contribution in [2.45, 2.75) is 25.6 Å². The highest BCUT2D eigenvalue weighted by molar-refractivity contribution is 7.98. The van der Waals surface area contributed by atoms with Crippen molar-refractivity contribution in [1.82, 2.24) is 4.90 Å². The van der Waals surface area contributed by atoms with Crippen LogP contribution in [0.3, 0.4) is 0 Å². The maximum atomic E-state index is 12.4. The number of thioether (sulfide) groups is 1. The van der Waals surface area contributed by atoms with E-state index in [1.165, 1.54) is 4.90 Å². The Kier molecular flexibility index (Phi) is 3.63. The van der Waals surface area contributed by atoms with Gasteiger partial charge in [-0.15, -0.1) is 0 Å². The largest absolute Gasteiger partial charge is 0.369 e. The van der Waals surface area contributed by atoms with E-state index < -0.39 is 11.8 Å². The first-order valence-corrected chi connectivity index (χ1v) is 7.46. The molecule has 0 aromatic heterocycles. The number of hydrogen-bond acceptors (Lipinski definition) is 3. The summed E-state index contributed by atoms with van der Waals surface area (Å²) in [5.74, 6) is 0.559. The summed E-state index contributed by atoms with van der Waals surface area (Å²) in [5, 5.41) is 10.7. The Balaban J connectivity index is 2.46. The lowest BCUT2D eigenvalue weighted by Gasteiger charge is -2.37. The van der Waals surface area contributed by atoms with Gasteiger partial charge in [-0.2, -0.15) is 11.8 Å². The van der Waals surface area contributed by atoms with E-state index in [0.717, 1.165) is 5.75 Å². The normalized spacial score (nSPS) is 19.3. The summed E-state index contributed by atoms with van der Waals surface area (Å²) in [4.78, 5) is 13.9. The highest BCUT2D eigenvalue weighted by Crippen LogP contribution is 2.40. The number of hydrogen-bond donors (Lipinski definition) is 1. The number of carbonyl (C=O) groups excluding carboxylic acids is 1. The fraction of sp³-hybridized carbons (Fsp3) is 0.462. The lowest BCUT2D eigenvalue weighted by molar-refractivity contribution is -0.0214. The van der Waals surface area contributed by atoms with E-state index >= 15 is 0 Å². The van der Waals surface area contributed by atoms with Gasteiger partial charge in [0.2, 0.25) is 0 Å². The zero-order valence-corrected chi connectivity index (χ0v) is 12.2. The Labute approximate surface area is 116 Å². The van der Waals surface area contributed by atoms with Gasteiger partial charge in [-0.25, -0.2) is 0 Å². The maximum absolute atomic E-state index is 12.4. The highest BCUT2D eigenvalue weighted by atomic mass is 35.5. The summed E-state index contributed by atoms with van der Waals surface area (Å²) in [7, 11) is 0. The summed E-state index contributed by atoms with van der Waals surface area (Å²) >= 11 is 7.70. The molecular weight excluding hydrogens is 270 g/mol. The SMILES string of the molecule is CSCC(C)(C)N1C(=O)c2c(Cl)cccc2C1O. The van der Waals surface area contributed by atoms with E-state index in [1.54, 1.807) is 30.0 Å². The molecule has 3 nitrogen and oxygen atoms in total. The molecule has 2 rings (SSSR count). The molecule has 5 heteroatoms. The second-order valence-electron chi connectivity index (χ2n) is 5.00. The molecule has 1 aromatic carbocycles. The smallest absolute Gasteiger partial charge is 0.258 e. The first kappa shape index (κ1) is 13.7. The molecule has 98 valence electrons. The van der Waals surface area contributed by atoms with Crippen molar-refractivity contribution in [3.63, 3.8) is 0 Å². The molecule has 1 unspecified atom stereocenters. The minimum atomic E-state index is -0.909. The Morgan fingerprint density at radius 3 is 2.72 bits per heavy atom. The third kappa shape index (κ3) is 2.02. The fourth-order valence-corrected chi connectivity index (χ4v) is 3.49. The Morgan fingerprint density at radius 2 is 2.17 bits per heavy atom. The molecule has 1 aliphatic rings. The molecule has 1 amide bonds. The van der Waals surface area contributed by atoms with Crippen molar-refractivity contribution in [3.8, 4) is 0 Å². The average molecular weight is 286 g/mol. The van der Waals surface area contributed by atoms with E-state index in [0.29, 0.717) is 16.1 Å². The number of aliphatic hydroxyl groups excluding tert-OH is 1. The zero-order valence-electron chi connectivity index (χ0n) is 10.6. The average Bonchev–Trinajstić information content (AvgIpc) is 2.53. The van der Waals surface area contributed by atoms with Crippen LogP contribution in [0.5, 0.6) is 0 Å². The van der Waals surface area contributed by atoms with E-state index in [9.17, 15) is 9.90 Å². The zero-order chi connectivity index (χ0) is 13.5. The number of amides is 1. The van der Waals surface area contributed by atoms with E-state index in [4.69, 9.17) is 11.6 Å². The minimum Gasteiger partial charge on any atom is -0.369 e. The third-order valence-electron chi connectivity index (χ3n) is 3.15. The van der Waals surface area contributed by atoms with Crippen LogP contribution in [0.15, 0.2) is 18.2 Å². The number of carbonyl (C=O) groups is 1. The molecule has 1 aromatic rings. The monoisotopic (exact) mass is 285 g/mol. The van der Waals surface area contributed by atoms with Gasteiger partial charge in [0.1, 0.15) is 0 Å². The second-order valence-corrected chi connectivity index (χ2v) is 6.27. The van der Waals surface area contributed by atoms with Crippen LogP contribution in [0.4, 0.5) is 0 Å². The summed E-state index contributed by atoms with van der Waals surface area (Å²) in [6, 6.07) is 5.18. The molecule has 0 aliphatic carbocycles. The molecule has 1 heterocycles. The van der Waals surface area contributed by atoms with Crippen molar-refractivity contribution < 1.29 is 9.90 Å². The van der Waals surface area contributed by atoms with Gasteiger partial charge >= 0.3 is 0 Å². The molecule has 0 radical (unpaired) electrons. The van der Waals surface area contributed by atoms with E-state index in [-0.39, 0.29) is 5.91 Å². The van der Waals surface area contributed by atoms with Gasteiger partial charge in [-0.3, -0.25) is 4.79 Å². The fourth-order valence-electron chi connectivity index (χ4n) is 2.38. The molecule has 0 saturated carbocycles. The van der Waals surface area contributed by atoms with Gasteiger partial charge in [-0.1, -0.05) is 23.7 Å². The summed E-state index contributed by atoms with van der Waals surface area (Å²) < 4.78 is 0. The van der Waals surface area contributed by atoms with E-state index in [2.05, 4.69) is 0 Å². The summed E-state index contributed by atoms with van der Waals surface area (Å²) in [6.07, 6.45) is 1.07. The predicted octanol–water partition coefficient (Wildman–Crippen LogP) is 2.93. The van der Waals surface area contributed by atoms with Crippen LogP contribution >= 0.6 is 23.4 Å². The predicted molar refractivity (Wildman–Crippen MR) is 75.0 cm³/mol. The molecular formula is C13H16ClNO2S. The molecule has 18 heavy (non-hydrogen) atoms. The Bertz CT molecular complexity index is 490. The van der Waals surface area contributed by atoms with Crippen molar-refractivity contribution in [2.75, 3.05) is 12.0 Å². The first-order valence-electron chi connectivity index (χ1n) is 5.69. The van der Waals surface area contributed by atoms with Gasteiger partial charge in [0.25, 0.3) is 5.91 Å². The topological polar surface area (TPSA) is 40.5 Å². The number of benzene rings is 1. The van der Waals surface area contributed by atoms with Crippen LogP contribution in [0, 0.1) is 0 Å². The molecule has 0 bridgehead atoms. The number of rotatable bonds is 3. The minimum absolute atomic E-state index is 0.192. The molecule has 1 atom stereocenters.